The van der Waals surface area contributed by atoms with Crippen molar-refractivity contribution in [3.05, 3.63) is 29.0 Å². The van der Waals surface area contributed by atoms with Crippen molar-refractivity contribution < 1.29 is 0 Å². The highest BCUT2D eigenvalue weighted by atomic mass is 35.5. The summed E-state index contributed by atoms with van der Waals surface area (Å²) >= 11 is 5.98. The number of aryl methyl sites for hydroxylation is 1. The van der Waals surface area contributed by atoms with E-state index in [0.717, 1.165) is 24.4 Å². The Balaban J connectivity index is 2.28. The van der Waals surface area contributed by atoms with Crippen LogP contribution in [0.4, 0.5) is 0 Å². The molecule has 1 rings (SSSR count). The normalized spacial score (nSPS) is 10.9. The van der Waals surface area contributed by atoms with Crippen LogP contribution in [0.2, 0.25) is 5.02 Å². The van der Waals surface area contributed by atoms with Crippen molar-refractivity contribution in [2.75, 3.05) is 6.54 Å². The quantitative estimate of drug-likeness (QED) is 0.760. The SMILES string of the molecule is CC(C)NCCCc1ccncc1Cl. The van der Waals surface area contributed by atoms with Crippen LogP contribution in [-0.2, 0) is 6.42 Å². The van der Waals surface area contributed by atoms with Gasteiger partial charge in [-0.05, 0) is 31.0 Å². The molecule has 0 aliphatic heterocycles. The minimum atomic E-state index is 0.558. The lowest BCUT2D eigenvalue weighted by atomic mass is 10.1. The lowest BCUT2D eigenvalue weighted by Crippen LogP contribution is -2.23. The molecule has 1 aromatic rings. The highest BCUT2D eigenvalue weighted by Crippen LogP contribution is 2.14. The van der Waals surface area contributed by atoms with Gasteiger partial charge in [0.05, 0.1) is 5.02 Å². The van der Waals surface area contributed by atoms with E-state index in [1.807, 2.05) is 6.07 Å². The van der Waals surface area contributed by atoms with E-state index < -0.39 is 0 Å². The molecule has 0 radical (unpaired) electrons. The summed E-state index contributed by atoms with van der Waals surface area (Å²) in [6, 6.07) is 2.54. The Morgan fingerprint density at radius 2 is 2.29 bits per heavy atom. The topological polar surface area (TPSA) is 24.9 Å². The van der Waals surface area contributed by atoms with Crippen LogP contribution in [0.1, 0.15) is 25.8 Å². The summed E-state index contributed by atoms with van der Waals surface area (Å²) in [6.45, 7) is 5.34. The highest BCUT2D eigenvalue weighted by molar-refractivity contribution is 6.31. The second-order valence-corrected chi connectivity index (χ2v) is 4.09. The third-order valence-corrected chi connectivity index (χ3v) is 2.37. The van der Waals surface area contributed by atoms with Gasteiger partial charge in [0.1, 0.15) is 0 Å². The summed E-state index contributed by atoms with van der Waals surface area (Å²) in [6.07, 6.45) is 5.62. The van der Waals surface area contributed by atoms with Crippen molar-refractivity contribution >= 4 is 11.6 Å². The molecule has 1 N–H and O–H groups in total. The van der Waals surface area contributed by atoms with Crippen LogP contribution in [0.3, 0.4) is 0 Å². The van der Waals surface area contributed by atoms with Gasteiger partial charge in [-0.25, -0.2) is 0 Å². The Kier molecular flexibility index (Phi) is 4.91. The number of hydrogen-bond donors (Lipinski definition) is 1. The number of nitrogens with zero attached hydrogens (tertiary/aromatic N) is 1. The van der Waals surface area contributed by atoms with Gasteiger partial charge in [-0.3, -0.25) is 4.98 Å². The summed E-state index contributed by atoms with van der Waals surface area (Å²) < 4.78 is 0. The van der Waals surface area contributed by atoms with Crippen molar-refractivity contribution in [3.8, 4) is 0 Å². The maximum atomic E-state index is 5.98. The smallest absolute Gasteiger partial charge is 0.0621 e. The number of pyridine rings is 1. The number of hydrogen-bond acceptors (Lipinski definition) is 2. The minimum absolute atomic E-state index is 0.558. The van der Waals surface area contributed by atoms with Gasteiger partial charge in [-0.15, -0.1) is 0 Å². The lowest BCUT2D eigenvalue weighted by molar-refractivity contribution is 0.570. The van der Waals surface area contributed by atoms with E-state index in [0.29, 0.717) is 6.04 Å². The molecule has 1 aromatic heterocycles. The summed E-state index contributed by atoms with van der Waals surface area (Å²) in [7, 11) is 0. The molecule has 0 amide bonds. The Morgan fingerprint density at radius 1 is 1.50 bits per heavy atom. The van der Waals surface area contributed by atoms with Gasteiger partial charge in [0.2, 0.25) is 0 Å². The first-order chi connectivity index (χ1) is 6.70. The zero-order valence-electron chi connectivity index (χ0n) is 8.76. The summed E-state index contributed by atoms with van der Waals surface area (Å²) in [5, 5.41) is 4.15. The number of halogens is 1. The van der Waals surface area contributed by atoms with Crippen LogP contribution in [0.5, 0.6) is 0 Å². The molecule has 0 aliphatic carbocycles. The Labute approximate surface area is 90.7 Å². The maximum absolute atomic E-state index is 5.98. The molecule has 0 aromatic carbocycles. The zero-order valence-corrected chi connectivity index (χ0v) is 9.51. The molecule has 0 unspecified atom stereocenters. The number of nitrogens with one attached hydrogen (secondary N) is 1. The Bertz CT molecular complexity index is 274. The Morgan fingerprint density at radius 3 is 2.93 bits per heavy atom. The van der Waals surface area contributed by atoms with Crippen LogP contribution in [-0.4, -0.2) is 17.6 Å². The average molecular weight is 213 g/mol. The lowest BCUT2D eigenvalue weighted by Gasteiger charge is -2.08. The molecule has 0 aliphatic rings. The molecule has 3 heteroatoms. The van der Waals surface area contributed by atoms with Crippen LogP contribution in [0, 0.1) is 0 Å². The van der Waals surface area contributed by atoms with E-state index in [2.05, 4.69) is 24.1 Å². The molecule has 2 nitrogen and oxygen atoms in total. The number of rotatable bonds is 5. The number of aromatic nitrogens is 1. The average Bonchev–Trinajstić information content (AvgIpc) is 2.15. The van der Waals surface area contributed by atoms with Crippen LogP contribution >= 0.6 is 11.6 Å². The molecule has 1 heterocycles. The molecular formula is C11H17ClN2. The van der Waals surface area contributed by atoms with Gasteiger partial charge < -0.3 is 5.32 Å². The first kappa shape index (κ1) is 11.5. The summed E-state index contributed by atoms with van der Waals surface area (Å²) in [5.74, 6) is 0. The van der Waals surface area contributed by atoms with E-state index in [4.69, 9.17) is 11.6 Å². The standard InChI is InChI=1S/C11H17ClN2/c1-9(2)14-6-3-4-10-5-7-13-8-11(10)12/h5,7-9,14H,3-4,6H2,1-2H3. The third-order valence-electron chi connectivity index (χ3n) is 2.03. The summed E-state index contributed by atoms with van der Waals surface area (Å²) in [5.41, 5.74) is 1.19. The van der Waals surface area contributed by atoms with Crippen molar-refractivity contribution in [3.63, 3.8) is 0 Å². The van der Waals surface area contributed by atoms with Gasteiger partial charge in [0.25, 0.3) is 0 Å². The maximum Gasteiger partial charge on any atom is 0.0621 e. The fraction of sp³-hybridized carbons (Fsp3) is 0.545. The minimum Gasteiger partial charge on any atom is -0.315 e. The van der Waals surface area contributed by atoms with Gasteiger partial charge in [-0.2, -0.15) is 0 Å². The van der Waals surface area contributed by atoms with Crippen LogP contribution < -0.4 is 5.32 Å². The largest absolute Gasteiger partial charge is 0.315 e. The summed E-state index contributed by atoms with van der Waals surface area (Å²) in [4.78, 5) is 3.95. The van der Waals surface area contributed by atoms with E-state index in [1.165, 1.54) is 5.56 Å². The predicted octanol–water partition coefficient (Wildman–Crippen LogP) is 2.67. The molecule has 78 valence electrons. The van der Waals surface area contributed by atoms with Crippen LogP contribution in [0.25, 0.3) is 0 Å². The molecule has 0 bridgehead atoms. The molecule has 0 saturated carbocycles. The van der Waals surface area contributed by atoms with Crippen molar-refractivity contribution in [1.29, 1.82) is 0 Å². The molecule has 0 fully saturated rings. The van der Waals surface area contributed by atoms with Crippen molar-refractivity contribution in [1.82, 2.24) is 10.3 Å². The highest BCUT2D eigenvalue weighted by Gasteiger charge is 1.99. The van der Waals surface area contributed by atoms with E-state index in [-0.39, 0.29) is 0 Å². The molecule has 0 spiro atoms. The zero-order chi connectivity index (χ0) is 10.4. The molecule has 0 atom stereocenters. The second kappa shape index (κ2) is 5.99. The third kappa shape index (κ3) is 4.07. The van der Waals surface area contributed by atoms with Gasteiger partial charge in [0, 0.05) is 18.4 Å². The van der Waals surface area contributed by atoms with Crippen molar-refractivity contribution in [2.45, 2.75) is 32.7 Å². The molecular weight excluding hydrogens is 196 g/mol. The van der Waals surface area contributed by atoms with Gasteiger partial charge in [-0.1, -0.05) is 25.4 Å². The van der Waals surface area contributed by atoms with E-state index in [1.54, 1.807) is 12.4 Å². The molecule has 0 saturated heterocycles. The van der Waals surface area contributed by atoms with Crippen molar-refractivity contribution in [2.24, 2.45) is 0 Å². The Hall–Kier alpha value is -0.600. The second-order valence-electron chi connectivity index (χ2n) is 3.68. The van der Waals surface area contributed by atoms with E-state index >= 15 is 0 Å². The first-order valence-electron chi connectivity index (χ1n) is 5.02. The predicted molar refractivity (Wildman–Crippen MR) is 60.7 cm³/mol. The van der Waals surface area contributed by atoms with E-state index in [9.17, 15) is 0 Å². The fourth-order valence-electron chi connectivity index (χ4n) is 1.28. The van der Waals surface area contributed by atoms with Gasteiger partial charge >= 0.3 is 0 Å². The van der Waals surface area contributed by atoms with Gasteiger partial charge in [0.15, 0.2) is 0 Å². The van der Waals surface area contributed by atoms with Crippen LogP contribution in [0.15, 0.2) is 18.5 Å². The first-order valence-corrected chi connectivity index (χ1v) is 5.39. The molecule has 14 heavy (non-hydrogen) atoms. The monoisotopic (exact) mass is 212 g/mol. The fourth-order valence-corrected chi connectivity index (χ4v) is 1.49.